The number of alkyl halides is 1. The second kappa shape index (κ2) is 4.97. The van der Waals surface area contributed by atoms with Gasteiger partial charge in [-0.05, 0) is 38.8 Å². The van der Waals surface area contributed by atoms with Crippen LogP contribution in [0.3, 0.4) is 0 Å². The summed E-state index contributed by atoms with van der Waals surface area (Å²) in [4.78, 5) is 12.2. The van der Waals surface area contributed by atoms with E-state index in [0.717, 1.165) is 23.2 Å². The molecular formula is C12H18BrNO. The van der Waals surface area contributed by atoms with Gasteiger partial charge in [0.05, 0.1) is 0 Å². The highest BCUT2D eigenvalue weighted by molar-refractivity contribution is 9.08. The van der Waals surface area contributed by atoms with Crippen molar-refractivity contribution in [1.29, 1.82) is 0 Å². The standard InChI is InChI=1S/C12H18BrNO/c1-5-9(3)14-10(4)6-8(2)11(7-13)12(14)15/h6,9H,5,7H2,1-4H3. The number of halogens is 1. The number of pyridine rings is 1. The minimum Gasteiger partial charge on any atom is -0.310 e. The first kappa shape index (κ1) is 12.5. The molecular weight excluding hydrogens is 254 g/mol. The van der Waals surface area contributed by atoms with E-state index >= 15 is 0 Å². The molecule has 0 aliphatic heterocycles. The predicted octanol–water partition coefficient (Wildman–Crippen LogP) is 3.33. The molecule has 1 aromatic heterocycles. The van der Waals surface area contributed by atoms with Gasteiger partial charge in [0, 0.05) is 22.6 Å². The van der Waals surface area contributed by atoms with Crippen molar-refractivity contribution in [3.05, 3.63) is 33.2 Å². The van der Waals surface area contributed by atoms with E-state index in [4.69, 9.17) is 0 Å². The molecule has 0 aromatic carbocycles. The zero-order chi connectivity index (χ0) is 11.6. The molecule has 15 heavy (non-hydrogen) atoms. The van der Waals surface area contributed by atoms with Crippen LogP contribution in [0.15, 0.2) is 10.9 Å². The van der Waals surface area contributed by atoms with E-state index in [0.29, 0.717) is 5.33 Å². The van der Waals surface area contributed by atoms with Gasteiger partial charge in [0.2, 0.25) is 0 Å². The molecule has 0 saturated carbocycles. The largest absolute Gasteiger partial charge is 0.310 e. The topological polar surface area (TPSA) is 22.0 Å². The molecule has 0 radical (unpaired) electrons. The maximum atomic E-state index is 12.2. The van der Waals surface area contributed by atoms with Crippen molar-refractivity contribution in [2.24, 2.45) is 0 Å². The number of aryl methyl sites for hydroxylation is 2. The molecule has 3 heteroatoms. The van der Waals surface area contributed by atoms with Gasteiger partial charge in [-0.2, -0.15) is 0 Å². The third-order valence-corrected chi connectivity index (χ3v) is 3.48. The molecule has 0 fully saturated rings. The highest BCUT2D eigenvalue weighted by Gasteiger charge is 2.12. The fourth-order valence-electron chi connectivity index (χ4n) is 1.84. The number of hydrogen-bond donors (Lipinski definition) is 0. The molecule has 84 valence electrons. The Bertz CT molecular complexity index is 409. The molecule has 1 heterocycles. The smallest absolute Gasteiger partial charge is 0.255 e. The van der Waals surface area contributed by atoms with Crippen LogP contribution in [0.5, 0.6) is 0 Å². The monoisotopic (exact) mass is 271 g/mol. The van der Waals surface area contributed by atoms with Gasteiger partial charge in [-0.1, -0.05) is 22.9 Å². The molecule has 0 saturated heterocycles. The summed E-state index contributed by atoms with van der Waals surface area (Å²) in [5.74, 6) is 0. The summed E-state index contributed by atoms with van der Waals surface area (Å²) < 4.78 is 1.89. The van der Waals surface area contributed by atoms with Crippen molar-refractivity contribution in [3.8, 4) is 0 Å². The second-order valence-corrected chi connectivity index (χ2v) is 4.57. The van der Waals surface area contributed by atoms with Crippen molar-refractivity contribution < 1.29 is 0 Å². The third-order valence-electron chi connectivity index (χ3n) is 2.92. The van der Waals surface area contributed by atoms with Crippen molar-refractivity contribution in [2.45, 2.75) is 45.5 Å². The molecule has 1 unspecified atom stereocenters. The molecule has 0 bridgehead atoms. The number of nitrogens with zero attached hydrogens (tertiary/aromatic N) is 1. The highest BCUT2D eigenvalue weighted by atomic mass is 79.9. The van der Waals surface area contributed by atoms with Crippen molar-refractivity contribution in [2.75, 3.05) is 0 Å². The Morgan fingerprint density at radius 1 is 1.47 bits per heavy atom. The first-order valence-electron chi connectivity index (χ1n) is 5.30. The minimum atomic E-state index is 0.152. The van der Waals surface area contributed by atoms with Gasteiger partial charge in [0.15, 0.2) is 0 Å². The van der Waals surface area contributed by atoms with Gasteiger partial charge < -0.3 is 4.57 Å². The molecule has 1 rings (SSSR count). The van der Waals surface area contributed by atoms with E-state index < -0.39 is 0 Å². The summed E-state index contributed by atoms with van der Waals surface area (Å²) >= 11 is 3.38. The fourth-order valence-corrected chi connectivity index (χ4v) is 2.52. The number of hydrogen-bond acceptors (Lipinski definition) is 1. The molecule has 2 nitrogen and oxygen atoms in total. The summed E-state index contributed by atoms with van der Waals surface area (Å²) in [6, 6.07) is 2.36. The summed E-state index contributed by atoms with van der Waals surface area (Å²) in [5, 5.41) is 0.633. The minimum absolute atomic E-state index is 0.152. The third kappa shape index (κ3) is 2.33. The first-order valence-corrected chi connectivity index (χ1v) is 6.42. The molecule has 0 spiro atoms. The van der Waals surface area contributed by atoms with E-state index in [9.17, 15) is 4.79 Å². The quantitative estimate of drug-likeness (QED) is 0.773. The van der Waals surface area contributed by atoms with Crippen molar-refractivity contribution in [3.63, 3.8) is 0 Å². The molecule has 0 aliphatic carbocycles. The Morgan fingerprint density at radius 3 is 2.53 bits per heavy atom. The molecule has 1 aromatic rings. The van der Waals surface area contributed by atoms with Crippen LogP contribution in [0.2, 0.25) is 0 Å². The lowest BCUT2D eigenvalue weighted by molar-refractivity contribution is 0.500. The lowest BCUT2D eigenvalue weighted by Gasteiger charge is -2.18. The van der Waals surface area contributed by atoms with Crippen molar-refractivity contribution in [1.82, 2.24) is 4.57 Å². The van der Waals surface area contributed by atoms with Crippen molar-refractivity contribution >= 4 is 15.9 Å². The maximum absolute atomic E-state index is 12.2. The summed E-state index contributed by atoms with van der Waals surface area (Å²) in [6.07, 6.45) is 0.978. The van der Waals surface area contributed by atoms with Crippen LogP contribution < -0.4 is 5.56 Å². The predicted molar refractivity (Wildman–Crippen MR) is 67.8 cm³/mol. The Hall–Kier alpha value is -0.570. The van der Waals surface area contributed by atoms with Gasteiger partial charge in [-0.25, -0.2) is 0 Å². The van der Waals surface area contributed by atoms with E-state index in [1.54, 1.807) is 0 Å². The van der Waals surface area contributed by atoms with Crippen LogP contribution in [0.1, 0.15) is 43.1 Å². The molecule has 1 atom stereocenters. The Morgan fingerprint density at radius 2 is 2.07 bits per heavy atom. The first-order chi connectivity index (χ1) is 7.02. The van der Waals surface area contributed by atoms with E-state index in [1.165, 1.54) is 0 Å². The normalized spacial score (nSPS) is 12.9. The van der Waals surface area contributed by atoms with Crippen LogP contribution in [-0.2, 0) is 5.33 Å². The zero-order valence-corrected chi connectivity index (χ0v) is 11.4. The highest BCUT2D eigenvalue weighted by Crippen LogP contribution is 2.15. The van der Waals surface area contributed by atoms with E-state index in [2.05, 4.69) is 35.8 Å². The number of aromatic nitrogens is 1. The zero-order valence-electron chi connectivity index (χ0n) is 9.80. The molecule has 0 amide bonds. The molecule has 0 aliphatic rings. The lowest BCUT2D eigenvalue weighted by atomic mass is 10.1. The second-order valence-electron chi connectivity index (χ2n) is 4.01. The van der Waals surface area contributed by atoms with Crippen LogP contribution in [-0.4, -0.2) is 4.57 Å². The average molecular weight is 272 g/mol. The average Bonchev–Trinajstić information content (AvgIpc) is 2.17. The van der Waals surface area contributed by atoms with Gasteiger partial charge in [0.25, 0.3) is 5.56 Å². The van der Waals surface area contributed by atoms with Crippen LogP contribution in [0.25, 0.3) is 0 Å². The van der Waals surface area contributed by atoms with Crippen LogP contribution in [0.4, 0.5) is 0 Å². The van der Waals surface area contributed by atoms with Crippen LogP contribution >= 0.6 is 15.9 Å². The van der Waals surface area contributed by atoms with Gasteiger partial charge in [0.1, 0.15) is 0 Å². The summed E-state index contributed by atoms with van der Waals surface area (Å²) in [7, 11) is 0. The Labute approximate surface area is 99.4 Å². The van der Waals surface area contributed by atoms with Gasteiger partial charge in [-0.3, -0.25) is 4.79 Å². The van der Waals surface area contributed by atoms with Crippen LogP contribution in [0, 0.1) is 13.8 Å². The van der Waals surface area contributed by atoms with Gasteiger partial charge >= 0.3 is 0 Å². The van der Waals surface area contributed by atoms with E-state index in [1.807, 2.05) is 18.4 Å². The van der Waals surface area contributed by atoms with Gasteiger partial charge in [-0.15, -0.1) is 0 Å². The maximum Gasteiger partial charge on any atom is 0.255 e. The summed E-state index contributed by atoms with van der Waals surface area (Å²) in [6.45, 7) is 8.18. The fraction of sp³-hybridized carbons (Fsp3) is 0.583. The Balaban J connectivity index is 3.46. The molecule has 0 N–H and O–H groups in total. The SMILES string of the molecule is CCC(C)n1c(C)cc(C)c(CBr)c1=O. The number of rotatable bonds is 3. The van der Waals surface area contributed by atoms with E-state index in [-0.39, 0.29) is 11.6 Å². The summed E-state index contributed by atoms with van der Waals surface area (Å²) in [5.41, 5.74) is 3.16. The lowest BCUT2D eigenvalue weighted by Crippen LogP contribution is -2.28. The Kier molecular flexibility index (Phi) is 4.14.